The van der Waals surface area contributed by atoms with E-state index in [0.717, 1.165) is 11.1 Å². The van der Waals surface area contributed by atoms with Crippen molar-refractivity contribution < 1.29 is 27.4 Å². The van der Waals surface area contributed by atoms with Crippen LogP contribution in [0.2, 0.25) is 0 Å². The Hall–Kier alpha value is -2.78. The summed E-state index contributed by atoms with van der Waals surface area (Å²) in [5, 5.41) is 2.82. The van der Waals surface area contributed by atoms with Gasteiger partial charge in [-0.25, -0.2) is 8.42 Å². The number of hydrogen-bond acceptors (Lipinski definition) is 6. The number of methoxy groups -OCH3 is 3. The maximum atomic E-state index is 13.1. The van der Waals surface area contributed by atoms with Gasteiger partial charge in [0.25, 0.3) is 5.91 Å². The van der Waals surface area contributed by atoms with Crippen LogP contribution in [0, 0.1) is 13.8 Å². The molecule has 31 heavy (non-hydrogen) atoms. The van der Waals surface area contributed by atoms with Crippen molar-refractivity contribution in [2.75, 3.05) is 39.7 Å². The molecule has 2 aromatic carbocycles. The summed E-state index contributed by atoms with van der Waals surface area (Å²) in [6.45, 7) is 7.92. The lowest BCUT2D eigenvalue weighted by Crippen LogP contribution is -2.30. The fourth-order valence-corrected chi connectivity index (χ4v) is 4.78. The molecule has 0 bridgehead atoms. The standard InChI is InChI=1S/C22H30N2O6S/c1-8-24(9-2)31(26,27)16-10-14(3)15(4)18(11-16)23-22(25)17-12-20(29-6)21(30-7)13-19(17)28-5/h10-13H,8-9H2,1-7H3,(H,23,25). The largest absolute Gasteiger partial charge is 0.496 e. The fourth-order valence-electron chi connectivity index (χ4n) is 3.21. The van der Waals surface area contributed by atoms with Crippen LogP contribution in [-0.2, 0) is 10.0 Å². The van der Waals surface area contributed by atoms with E-state index < -0.39 is 15.9 Å². The molecule has 0 saturated heterocycles. The Balaban J connectivity index is 2.52. The van der Waals surface area contributed by atoms with E-state index in [2.05, 4.69) is 5.32 Å². The summed E-state index contributed by atoms with van der Waals surface area (Å²) in [5.41, 5.74) is 2.16. The molecule has 0 unspecified atom stereocenters. The lowest BCUT2D eigenvalue weighted by atomic mass is 10.1. The number of hydrogen-bond donors (Lipinski definition) is 1. The molecule has 0 radical (unpaired) electrons. The van der Waals surface area contributed by atoms with Crippen molar-refractivity contribution in [2.45, 2.75) is 32.6 Å². The number of benzene rings is 2. The summed E-state index contributed by atoms with van der Waals surface area (Å²) in [4.78, 5) is 13.2. The minimum Gasteiger partial charge on any atom is -0.496 e. The van der Waals surface area contributed by atoms with Crippen LogP contribution in [0.1, 0.15) is 35.3 Å². The quantitative estimate of drug-likeness (QED) is 0.627. The van der Waals surface area contributed by atoms with Crippen molar-refractivity contribution in [3.63, 3.8) is 0 Å². The van der Waals surface area contributed by atoms with E-state index in [9.17, 15) is 13.2 Å². The molecule has 0 aliphatic rings. The third kappa shape index (κ3) is 4.94. The number of carbonyl (C=O) groups is 1. The molecule has 1 N–H and O–H groups in total. The first-order chi connectivity index (χ1) is 14.6. The van der Waals surface area contributed by atoms with E-state index in [0.29, 0.717) is 36.0 Å². The van der Waals surface area contributed by atoms with Crippen molar-refractivity contribution in [2.24, 2.45) is 0 Å². The molecular formula is C22H30N2O6S. The summed E-state index contributed by atoms with van der Waals surface area (Å²) in [6, 6.07) is 6.19. The van der Waals surface area contributed by atoms with E-state index in [1.165, 1.54) is 37.8 Å². The molecule has 8 nitrogen and oxygen atoms in total. The van der Waals surface area contributed by atoms with Crippen LogP contribution < -0.4 is 19.5 Å². The monoisotopic (exact) mass is 450 g/mol. The van der Waals surface area contributed by atoms with Crippen molar-refractivity contribution in [3.8, 4) is 17.2 Å². The van der Waals surface area contributed by atoms with Gasteiger partial charge in [-0.15, -0.1) is 0 Å². The normalized spacial score (nSPS) is 11.4. The highest BCUT2D eigenvalue weighted by Gasteiger charge is 2.24. The zero-order chi connectivity index (χ0) is 23.3. The van der Waals surface area contributed by atoms with Crippen molar-refractivity contribution >= 4 is 21.6 Å². The predicted octanol–water partition coefficient (Wildman–Crippen LogP) is 3.61. The molecule has 1 amide bonds. The Kier molecular flexibility index (Phi) is 7.91. The SMILES string of the molecule is CCN(CC)S(=O)(=O)c1cc(C)c(C)c(NC(=O)c2cc(OC)c(OC)cc2OC)c1. The summed E-state index contributed by atoms with van der Waals surface area (Å²) in [6.07, 6.45) is 0. The highest BCUT2D eigenvalue weighted by molar-refractivity contribution is 7.89. The van der Waals surface area contributed by atoms with Crippen LogP contribution >= 0.6 is 0 Å². The number of nitrogens with zero attached hydrogens (tertiary/aromatic N) is 1. The Labute approximate surface area is 184 Å². The van der Waals surface area contributed by atoms with Crippen LogP contribution in [0.5, 0.6) is 17.2 Å². The first kappa shape index (κ1) is 24.5. The minimum atomic E-state index is -3.68. The molecule has 0 fully saturated rings. The molecule has 0 aliphatic carbocycles. The number of aryl methyl sites for hydroxylation is 1. The van der Waals surface area contributed by atoms with Crippen molar-refractivity contribution in [1.82, 2.24) is 4.31 Å². The molecule has 0 aliphatic heterocycles. The van der Waals surface area contributed by atoms with Gasteiger partial charge in [-0.2, -0.15) is 4.31 Å². The molecular weight excluding hydrogens is 420 g/mol. The van der Waals surface area contributed by atoms with Gasteiger partial charge in [0.05, 0.1) is 31.8 Å². The molecule has 2 rings (SSSR count). The Morgan fingerprint density at radius 3 is 1.97 bits per heavy atom. The van der Waals surface area contributed by atoms with Gasteiger partial charge in [0, 0.05) is 30.9 Å². The zero-order valence-electron chi connectivity index (χ0n) is 19.0. The lowest BCUT2D eigenvalue weighted by molar-refractivity contribution is 0.102. The number of carbonyl (C=O) groups excluding carboxylic acids is 1. The molecule has 0 spiro atoms. The Bertz CT molecular complexity index is 1060. The van der Waals surface area contributed by atoms with Crippen molar-refractivity contribution in [1.29, 1.82) is 0 Å². The van der Waals surface area contributed by atoms with Gasteiger partial charge in [0.15, 0.2) is 11.5 Å². The topological polar surface area (TPSA) is 94.2 Å². The highest BCUT2D eigenvalue weighted by Crippen LogP contribution is 2.35. The molecule has 0 saturated carbocycles. The summed E-state index contributed by atoms with van der Waals surface area (Å²) < 4.78 is 43.2. The van der Waals surface area contributed by atoms with E-state index in [1.54, 1.807) is 26.0 Å². The second kappa shape index (κ2) is 10.0. The third-order valence-electron chi connectivity index (χ3n) is 5.18. The van der Waals surface area contributed by atoms with E-state index in [-0.39, 0.29) is 10.5 Å². The number of nitrogens with one attached hydrogen (secondary N) is 1. The highest BCUT2D eigenvalue weighted by atomic mass is 32.2. The molecule has 0 aromatic heterocycles. The number of sulfonamides is 1. The Morgan fingerprint density at radius 2 is 1.45 bits per heavy atom. The maximum Gasteiger partial charge on any atom is 0.259 e. The predicted molar refractivity (Wildman–Crippen MR) is 120 cm³/mol. The second-order valence-electron chi connectivity index (χ2n) is 6.86. The molecule has 2 aromatic rings. The molecule has 9 heteroatoms. The smallest absolute Gasteiger partial charge is 0.259 e. The summed E-state index contributed by atoms with van der Waals surface area (Å²) >= 11 is 0. The van der Waals surface area contributed by atoms with Crippen LogP contribution in [0.4, 0.5) is 5.69 Å². The zero-order valence-corrected chi connectivity index (χ0v) is 19.8. The number of amides is 1. The first-order valence-corrected chi connectivity index (χ1v) is 11.3. The van der Waals surface area contributed by atoms with Gasteiger partial charge >= 0.3 is 0 Å². The van der Waals surface area contributed by atoms with Crippen LogP contribution in [-0.4, -0.2) is 53.0 Å². The molecule has 0 atom stereocenters. The van der Waals surface area contributed by atoms with Crippen LogP contribution in [0.15, 0.2) is 29.2 Å². The van der Waals surface area contributed by atoms with E-state index >= 15 is 0 Å². The van der Waals surface area contributed by atoms with Gasteiger partial charge in [0.2, 0.25) is 10.0 Å². The Morgan fingerprint density at radius 1 is 0.903 bits per heavy atom. The summed E-state index contributed by atoms with van der Waals surface area (Å²) in [5.74, 6) is 0.642. The van der Waals surface area contributed by atoms with Crippen LogP contribution in [0.3, 0.4) is 0 Å². The number of anilines is 1. The second-order valence-corrected chi connectivity index (χ2v) is 8.80. The van der Waals surface area contributed by atoms with E-state index in [4.69, 9.17) is 14.2 Å². The number of ether oxygens (including phenoxy) is 3. The molecule has 170 valence electrons. The van der Waals surface area contributed by atoms with Crippen molar-refractivity contribution in [3.05, 3.63) is 41.0 Å². The third-order valence-corrected chi connectivity index (χ3v) is 7.21. The molecule has 0 heterocycles. The average Bonchev–Trinajstić information content (AvgIpc) is 2.76. The summed E-state index contributed by atoms with van der Waals surface area (Å²) in [7, 11) is 0.738. The fraction of sp³-hybridized carbons (Fsp3) is 0.409. The van der Waals surface area contributed by atoms with Gasteiger partial charge in [0.1, 0.15) is 5.75 Å². The van der Waals surface area contributed by atoms with Gasteiger partial charge < -0.3 is 19.5 Å². The average molecular weight is 451 g/mol. The first-order valence-electron chi connectivity index (χ1n) is 9.87. The van der Waals surface area contributed by atoms with Gasteiger partial charge in [-0.1, -0.05) is 13.8 Å². The minimum absolute atomic E-state index is 0.133. The van der Waals surface area contributed by atoms with Gasteiger partial charge in [-0.3, -0.25) is 4.79 Å². The van der Waals surface area contributed by atoms with E-state index in [1.807, 2.05) is 13.8 Å². The number of rotatable bonds is 9. The van der Waals surface area contributed by atoms with Crippen LogP contribution in [0.25, 0.3) is 0 Å². The maximum absolute atomic E-state index is 13.1. The van der Waals surface area contributed by atoms with Gasteiger partial charge in [-0.05, 0) is 37.1 Å². The lowest BCUT2D eigenvalue weighted by Gasteiger charge is -2.21.